The number of aryl methyl sites for hydroxylation is 2. The average molecular weight is 154 g/mol. The number of phenols is 1. The molecule has 1 N–H and O–H groups in total. The van der Waals surface area contributed by atoms with Crippen LogP contribution in [0.25, 0.3) is 0 Å². The van der Waals surface area contributed by atoms with Crippen molar-refractivity contribution in [2.45, 2.75) is 13.8 Å². The first kappa shape index (κ1) is 7.56. The van der Waals surface area contributed by atoms with Crippen LogP contribution < -0.4 is 5.30 Å². The molecule has 0 radical (unpaired) electrons. The molecule has 0 fully saturated rings. The highest BCUT2D eigenvalue weighted by Crippen LogP contribution is 2.16. The van der Waals surface area contributed by atoms with E-state index in [-0.39, 0.29) is 0 Å². The minimum atomic E-state index is 0.371. The Balaban J connectivity index is 3.28. The lowest BCUT2D eigenvalue weighted by Crippen LogP contribution is -1.96. The van der Waals surface area contributed by atoms with Crippen molar-refractivity contribution in [3.8, 4) is 5.75 Å². The molecule has 0 aliphatic carbocycles. The SMILES string of the molecule is Cc1cc(C)c(P)cc1O. The Bertz CT molecular complexity index is 205. The van der Waals surface area contributed by atoms with E-state index in [1.165, 1.54) is 5.56 Å². The van der Waals surface area contributed by atoms with E-state index >= 15 is 0 Å². The zero-order valence-corrected chi connectivity index (χ0v) is 7.33. The third kappa shape index (κ3) is 1.30. The van der Waals surface area contributed by atoms with E-state index in [1.807, 2.05) is 19.9 Å². The predicted molar refractivity (Wildman–Crippen MR) is 46.9 cm³/mol. The van der Waals surface area contributed by atoms with Gasteiger partial charge in [-0.05, 0) is 36.3 Å². The molecule has 0 saturated heterocycles. The molecule has 1 aromatic rings. The summed E-state index contributed by atoms with van der Waals surface area (Å²) in [6.07, 6.45) is 0. The Kier molecular flexibility index (Phi) is 1.96. The van der Waals surface area contributed by atoms with Gasteiger partial charge >= 0.3 is 0 Å². The van der Waals surface area contributed by atoms with Crippen LogP contribution in [0.5, 0.6) is 5.75 Å². The largest absolute Gasteiger partial charge is 0.508 e. The molecule has 0 aliphatic rings. The van der Waals surface area contributed by atoms with Gasteiger partial charge in [0.15, 0.2) is 0 Å². The van der Waals surface area contributed by atoms with Crippen LogP contribution in [0.2, 0.25) is 0 Å². The van der Waals surface area contributed by atoms with Crippen molar-refractivity contribution in [3.63, 3.8) is 0 Å². The lowest BCUT2D eigenvalue weighted by atomic mass is 10.1. The second-order valence-electron chi connectivity index (χ2n) is 2.50. The third-order valence-electron chi connectivity index (χ3n) is 1.58. The van der Waals surface area contributed by atoms with Crippen molar-refractivity contribution in [1.82, 2.24) is 0 Å². The molecule has 0 heterocycles. The van der Waals surface area contributed by atoms with Gasteiger partial charge in [-0.3, -0.25) is 0 Å². The number of phenolic OH excluding ortho intramolecular Hbond substituents is 1. The minimum Gasteiger partial charge on any atom is -0.508 e. The summed E-state index contributed by atoms with van der Waals surface area (Å²) in [5, 5.41) is 10.3. The van der Waals surface area contributed by atoms with Gasteiger partial charge in [-0.25, -0.2) is 0 Å². The number of rotatable bonds is 0. The molecule has 2 heteroatoms. The zero-order chi connectivity index (χ0) is 7.72. The molecule has 0 aromatic heterocycles. The maximum absolute atomic E-state index is 9.21. The van der Waals surface area contributed by atoms with Crippen LogP contribution in [-0.4, -0.2) is 5.11 Å². The maximum Gasteiger partial charge on any atom is 0.119 e. The van der Waals surface area contributed by atoms with Gasteiger partial charge in [-0.1, -0.05) is 6.07 Å². The lowest BCUT2D eigenvalue weighted by molar-refractivity contribution is 0.471. The van der Waals surface area contributed by atoms with E-state index in [2.05, 4.69) is 9.24 Å². The summed E-state index contributed by atoms with van der Waals surface area (Å²) in [5.41, 5.74) is 2.13. The van der Waals surface area contributed by atoms with Crippen molar-refractivity contribution in [1.29, 1.82) is 0 Å². The quantitative estimate of drug-likeness (QED) is 0.561. The van der Waals surface area contributed by atoms with E-state index in [0.29, 0.717) is 5.75 Å². The van der Waals surface area contributed by atoms with Gasteiger partial charge in [0.05, 0.1) is 0 Å². The summed E-state index contributed by atoms with van der Waals surface area (Å²) >= 11 is 0. The predicted octanol–water partition coefficient (Wildman–Crippen LogP) is 1.51. The van der Waals surface area contributed by atoms with Crippen LogP contribution >= 0.6 is 9.24 Å². The number of benzene rings is 1. The Morgan fingerprint density at radius 2 is 1.80 bits per heavy atom. The highest BCUT2D eigenvalue weighted by molar-refractivity contribution is 7.27. The fourth-order valence-electron chi connectivity index (χ4n) is 0.857. The summed E-state index contributed by atoms with van der Waals surface area (Å²) < 4.78 is 0. The van der Waals surface area contributed by atoms with Gasteiger partial charge in [0, 0.05) is 0 Å². The Morgan fingerprint density at radius 3 is 2.30 bits per heavy atom. The Morgan fingerprint density at radius 1 is 1.20 bits per heavy atom. The summed E-state index contributed by atoms with van der Waals surface area (Å²) in [6.45, 7) is 3.92. The Hall–Kier alpha value is -0.550. The summed E-state index contributed by atoms with van der Waals surface area (Å²) in [4.78, 5) is 0. The fraction of sp³-hybridized carbons (Fsp3) is 0.250. The molecule has 1 unspecified atom stereocenters. The van der Waals surface area contributed by atoms with E-state index in [1.54, 1.807) is 6.07 Å². The van der Waals surface area contributed by atoms with Crippen LogP contribution in [0, 0.1) is 13.8 Å². The molecule has 0 bridgehead atoms. The molecule has 0 aliphatic heterocycles. The number of aromatic hydroxyl groups is 1. The first-order valence-electron chi connectivity index (χ1n) is 3.17. The van der Waals surface area contributed by atoms with E-state index in [9.17, 15) is 5.11 Å². The van der Waals surface area contributed by atoms with Gasteiger partial charge in [-0.15, -0.1) is 9.24 Å². The van der Waals surface area contributed by atoms with Gasteiger partial charge < -0.3 is 5.11 Å². The second kappa shape index (κ2) is 2.59. The van der Waals surface area contributed by atoms with Crippen LogP contribution in [0.15, 0.2) is 12.1 Å². The van der Waals surface area contributed by atoms with Crippen LogP contribution in [0.3, 0.4) is 0 Å². The second-order valence-corrected chi connectivity index (χ2v) is 3.12. The Labute approximate surface area is 63.3 Å². The van der Waals surface area contributed by atoms with Gasteiger partial charge in [0.2, 0.25) is 0 Å². The average Bonchev–Trinajstić information content (AvgIpc) is 1.84. The van der Waals surface area contributed by atoms with Crippen molar-refractivity contribution in [2.75, 3.05) is 0 Å². The molecule has 54 valence electrons. The number of hydrogen-bond acceptors (Lipinski definition) is 1. The van der Waals surface area contributed by atoms with Gasteiger partial charge in [-0.2, -0.15) is 0 Å². The lowest BCUT2D eigenvalue weighted by Gasteiger charge is -2.02. The molecule has 1 rings (SSSR count). The van der Waals surface area contributed by atoms with Crippen molar-refractivity contribution < 1.29 is 5.11 Å². The molecule has 1 aromatic carbocycles. The normalized spacial score (nSPS) is 9.90. The molecular weight excluding hydrogens is 143 g/mol. The van der Waals surface area contributed by atoms with Crippen molar-refractivity contribution >= 4 is 14.5 Å². The highest BCUT2D eigenvalue weighted by atomic mass is 31.0. The molecule has 0 saturated carbocycles. The maximum atomic E-state index is 9.21. The summed E-state index contributed by atoms with van der Waals surface area (Å²) in [7, 11) is 2.58. The van der Waals surface area contributed by atoms with E-state index < -0.39 is 0 Å². The first-order valence-corrected chi connectivity index (χ1v) is 3.74. The summed E-state index contributed by atoms with van der Waals surface area (Å²) in [5.74, 6) is 0.371. The monoisotopic (exact) mass is 154 g/mol. The standard InChI is InChI=1S/C8H11OP/c1-5-3-6(2)8(10)4-7(5)9/h3-4,9H,10H2,1-2H3. The zero-order valence-electron chi connectivity index (χ0n) is 6.18. The molecule has 1 nitrogen and oxygen atoms in total. The molecule has 10 heavy (non-hydrogen) atoms. The van der Waals surface area contributed by atoms with Crippen LogP contribution in [-0.2, 0) is 0 Å². The van der Waals surface area contributed by atoms with Gasteiger partial charge in [0.1, 0.15) is 5.75 Å². The summed E-state index contributed by atoms with van der Waals surface area (Å²) in [6, 6.07) is 3.73. The van der Waals surface area contributed by atoms with Crippen LogP contribution in [0.4, 0.5) is 0 Å². The number of hydrogen-bond donors (Lipinski definition) is 1. The minimum absolute atomic E-state index is 0.371. The first-order chi connectivity index (χ1) is 4.61. The molecule has 0 spiro atoms. The van der Waals surface area contributed by atoms with Gasteiger partial charge in [0.25, 0.3) is 0 Å². The molecular formula is C8H11OP. The van der Waals surface area contributed by atoms with Crippen molar-refractivity contribution in [3.05, 3.63) is 23.3 Å². The fourth-order valence-corrected chi connectivity index (χ4v) is 1.10. The van der Waals surface area contributed by atoms with E-state index in [4.69, 9.17) is 0 Å². The van der Waals surface area contributed by atoms with E-state index in [0.717, 1.165) is 10.9 Å². The topological polar surface area (TPSA) is 20.2 Å². The molecule has 1 atom stereocenters. The third-order valence-corrected chi connectivity index (χ3v) is 2.21. The highest BCUT2D eigenvalue weighted by Gasteiger charge is 1.97. The molecule has 0 amide bonds. The van der Waals surface area contributed by atoms with Crippen molar-refractivity contribution in [2.24, 2.45) is 0 Å². The van der Waals surface area contributed by atoms with Crippen LogP contribution in [0.1, 0.15) is 11.1 Å². The smallest absolute Gasteiger partial charge is 0.119 e.